The minimum absolute atomic E-state index is 0.286. The zero-order valence-electron chi connectivity index (χ0n) is 12.6. The van der Waals surface area contributed by atoms with E-state index >= 15 is 0 Å². The minimum atomic E-state index is -0.286. The van der Waals surface area contributed by atoms with Crippen molar-refractivity contribution in [2.75, 3.05) is 0 Å². The van der Waals surface area contributed by atoms with E-state index < -0.39 is 0 Å². The summed E-state index contributed by atoms with van der Waals surface area (Å²) in [6.45, 7) is 6.39. The number of hydrogen-bond acceptors (Lipinski definition) is 1. The molecule has 1 nitrogen and oxygen atoms in total. The van der Waals surface area contributed by atoms with Crippen molar-refractivity contribution >= 4 is 0 Å². The van der Waals surface area contributed by atoms with E-state index in [1.165, 1.54) is 22.3 Å². The summed E-state index contributed by atoms with van der Waals surface area (Å²) in [5.41, 5.74) is 5.06. The van der Waals surface area contributed by atoms with Gasteiger partial charge in [0.15, 0.2) is 0 Å². The van der Waals surface area contributed by atoms with E-state index in [4.69, 9.17) is 0 Å². The van der Waals surface area contributed by atoms with Gasteiger partial charge in [0.1, 0.15) is 0 Å². The maximum Gasteiger partial charge on any atom is 0.0586 e. The van der Waals surface area contributed by atoms with Crippen LogP contribution < -0.4 is 0 Å². The van der Waals surface area contributed by atoms with Crippen LogP contribution in [0.25, 0.3) is 0 Å². The Morgan fingerprint density at radius 3 is 2.15 bits per heavy atom. The molecule has 0 aliphatic heterocycles. The second-order valence-corrected chi connectivity index (χ2v) is 5.90. The van der Waals surface area contributed by atoms with Gasteiger partial charge in [-0.15, -0.1) is 0 Å². The fourth-order valence-corrected chi connectivity index (χ4v) is 2.87. The smallest absolute Gasteiger partial charge is 0.0586 e. The Bertz CT molecular complexity index is 525. The summed E-state index contributed by atoms with van der Waals surface area (Å²) in [6.07, 6.45) is 1.25. The third kappa shape index (κ3) is 4.21. The molecule has 2 atom stereocenters. The average Bonchev–Trinajstić information content (AvgIpc) is 2.38. The molecule has 0 heterocycles. The van der Waals surface area contributed by atoms with Crippen LogP contribution >= 0.6 is 0 Å². The molecule has 0 aromatic heterocycles. The van der Waals surface area contributed by atoms with E-state index in [-0.39, 0.29) is 6.10 Å². The van der Waals surface area contributed by atoms with Crippen molar-refractivity contribution < 1.29 is 5.11 Å². The molecule has 0 spiro atoms. The van der Waals surface area contributed by atoms with Crippen molar-refractivity contribution in [3.8, 4) is 0 Å². The Morgan fingerprint density at radius 1 is 0.950 bits per heavy atom. The summed E-state index contributed by atoms with van der Waals surface area (Å²) in [6, 6.07) is 16.9. The van der Waals surface area contributed by atoms with Crippen LogP contribution in [0.4, 0.5) is 0 Å². The van der Waals surface area contributed by atoms with Crippen LogP contribution in [-0.2, 0) is 6.42 Å². The third-order valence-corrected chi connectivity index (χ3v) is 3.75. The first-order chi connectivity index (χ1) is 9.54. The molecule has 2 unspecified atom stereocenters. The van der Waals surface area contributed by atoms with Gasteiger partial charge in [-0.3, -0.25) is 0 Å². The molecule has 0 saturated heterocycles. The van der Waals surface area contributed by atoms with E-state index in [0.29, 0.717) is 5.92 Å². The SMILES string of the molecule is Cc1cc(C)cc(CC(O)CC(C)c2ccccc2)c1. The van der Waals surface area contributed by atoms with E-state index in [1.54, 1.807) is 0 Å². The molecule has 2 rings (SSSR count). The molecular weight excluding hydrogens is 244 g/mol. The van der Waals surface area contributed by atoms with Crippen LogP contribution in [0.5, 0.6) is 0 Å². The van der Waals surface area contributed by atoms with E-state index in [9.17, 15) is 5.11 Å². The first-order valence-electron chi connectivity index (χ1n) is 7.35. The summed E-state index contributed by atoms with van der Waals surface area (Å²) < 4.78 is 0. The molecule has 0 aliphatic rings. The van der Waals surface area contributed by atoms with Crippen LogP contribution in [0.3, 0.4) is 0 Å². The van der Waals surface area contributed by atoms with Crippen LogP contribution in [0.2, 0.25) is 0 Å². The fourth-order valence-electron chi connectivity index (χ4n) is 2.87. The predicted octanol–water partition coefficient (Wildman–Crippen LogP) is 4.40. The van der Waals surface area contributed by atoms with Crippen molar-refractivity contribution in [3.63, 3.8) is 0 Å². The molecule has 0 saturated carbocycles. The van der Waals surface area contributed by atoms with Crippen molar-refractivity contribution in [3.05, 3.63) is 70.8 Å². The molecule has 0 radical (unpaired) electrons. The van der Waals surface area contributed by atoms with Gasteiger partial charge in [0.05, 0.1) is 6.10 Å². The number of aliphatic hydroxyl groups excluding tert-OH is 1. The van der Waals surface area contributed by atoms with Gasteiger partial charge in [-0.1, -0.05) is 66.6 Å². The molecule has 2 aromatic rings. The molecule has 106 valence electrons. The normalized spacial score (nSPS) is 14.0. The Hall–Kier alpha value is -1.60. The monoisotopic (exact) mass is 268 g/mol. The van der Waals surface area contributed by atoms with Crippen molar-refractivity contribution in [1.82, 2.24) is 0 Å². The number of hydrogen-bond donors (Lipinski definition) is 1. The van der Waals surface area contributed by atoms with Gasteiger partial charge < -0.3 is 5.11 Å². The lowest BCUT2D eigenvalue weighted by Gasteiger charge is -2.17. The highest BCUT2D eigenvalue weighted by Gasteiger charge is 2.13. The molecule has 0 amide bonds. The lowest BCUT2D eigenvalue weighted by Crippen LogP contribution is -2.14. The van der Waals surface area contributed by atoms with E-state index in [0.717, 1.165) is 12.8 Å². The molecule has 0 aliphatic carbocycles. The van der Waals surface area contributed by atoms with Crippen LogP contribution in [-0.4, -0.2) is 11.2 Å². The molecule has 1 N–H and O–H groups in total. The predicted molar refractivity (Wildman–Crippen MR) is 85.1 cm³/mol. The Kier molecular flexibility index (Phi) is 4.97. The highest BCUT2D eigenvalue weighted by Crippen LogP contribution is 2.22. The van der Waals surface area contributed by atoms with E-state index in [1.807, 2.05) is 6.07 Å². The summed E-state index contributed by atoms with van der Waals surface area (Å²) in [7, 11) is 0. The lowest BCUT2D eigenvalue weighted by atomic mass is 9.92. The molecule has 20 heavy (non-hydrogen) atoms. The Labute approximate surface area is 122 Å². The van der Waals surface area contributed by atoms with Gasteiger partial charge in [-0.2, -0.15) is 0 Å². The van der Waals surface area contributed by atoms with Crippen molar-refractivity contribution in [2.24, 2.45) is 0 Å². The topological polar surface area (TPSA) is 20.2 Å². The number of rotatable bonds is 5. The van der Waals surface area contributed by atoms with Gasteiger partial charge in [-0.05, 0) is 43.7 Å². The fraction of sp³-hybridized carbons (Fsp3) is 0.368. The standard InChI is InChI=1S/C19H24O/c1-14-9-15(2)11-17(10-14)13-19(20)12-16(3)18-7-5-4-6-8-18/h4-11,16,19-20H,12-13H2,1-3H3. The first kappa shape index (κ1) is 14.8. The maximum atomic E-state index is 10.3. The largest absolute Gasteiger partial charge is 0.393 e. The van der Waals surface area contributed by atoms with Gasteiger partial charge in [0.25, 0.3) is 0 Å². The molecular formula is C19H24O. The second kappa shape index (κ2) is 6.71. The zero-order valence-corrected chi connectivity index (χ0v) is 12.6. The summed E-state index contributed by atoms with van der Waals surface area (Å²) >= 11 is 0. The summed E-state index contributed by atoms with van der Waals surface area (Å²) in [5, 5.41) is 10.3. The number of aryl methyl sites for hydroxylation is 2. The highest BCUT2D eigenvalue weighted by atomic mass is 16.3. The second-order valence-electron chi connectivity index (χ2n) is 5.90. The van der Waals surface area contributed by atoms with Gasteiger partial charge >= 0.3 is 0 Å². The Balaban J connectivity index is 1.97. The van der Waals surface area contributed by atoms with Gasteiger partial charge in [0, 0.05) is 0 Å². The Morgan fingerprint density at radius 2 is 1.55 bits per heavy atom. The summed E-state index contributed by atoms with van der Waals surface area (Å²) in [5.74, 6) is 0.386. The number of benzene rings is 2. The van der Waals surface area contributed by atoms with Gasteiger partial charge in [-0.25, -0.2) is 0 Å². The maximum absolute atomic E-state index is 10.3. The molecule has 0 fully saturated rings. The molecule has 0 bridgehead atoms. The average molecular weight is 268 g/mol. The van der Waals surface area contributed by atoms with Crippen LogP contribution in [0.15, 0.2) is 48.5 Å². The minimum Gasteiger partial charge on any atom is -0.393 e. The van der Waals surface area contributed by atoms with Crippen LogP contribution in [0.1, 0.15) is 41.5 Å². The summed E-state index contributed by atoms with van der Waals surface area (Å²) in [4.78, 5) is 0. The first-order valence-corrected chi connectivity index (χ1v) is 7.35. The van der Waals surface area contributed by atoms with Crippen LogP contribution in [0, 0.1) is 13.8 Å². The molecule has 2 aromatic carbocycles. The lowest BCUT2D eigenvalue weighted by molar-refractivity contribution is 0.157. The quantitative estimate of drug-likeness (QED) is 0.852. The van der Waals surface area contributed by atoms with Crippen molar-refractivity contribution in [1.29, 1.82) is 0 Å². The van der Waals surface area contributed by atoms with E-state index in [2.05, 4.69) is 63.2 Å². The highest BCUT2D eigenvalue weighted by molar-refractivity contribution is 5.29. The number of aliphatic hydroxyl groups is 1. The zero-order chi connectivity index (χ0) is 14.5. The third-order valence-electron chi connectivity index (χ3n) is 3.75. The van der Waals surface area contributed by atoms with Gasteiger partial charge in [0.2, 0.25) is 0 Å². The molecule has 1 heteroatoms. The van der Waals surface area contributed by atoms with Crippen molar-refractivity contribution in [2.45, 2.75) is 45.6 Å².